The van der Waals surface area contributed by atoms with Gasteiger partial charge in [0.2, 0.25) is 0 Å². The molecule has 1 saturated heterocycles. The number of carboxylic acids is 1. The maximum Gasteiger partial charge on any atom is 0.416 e. The van der Waals surface area contributed by atoms with Gasteiger partial charge in [0, 0.05) is 13.1 Å². The Bertz CT molecular complexity index is 517. The number of carbonyl (C=O) groups is 1. The number of anilines is 1. The molecule has 1 aromatic rings. The van der Waals surface area contributed by atoms with Crippen molar-refractivity contribution in [3.05, 3.63) is 29.3 Å². The van der Waals surface area contributed by atoms with Crippen LogP contribution in [0.5, 0.6) is 0 Å². The lowest BCUT2D eigenvalue weighted by Gasteiger charge is -2.21. The highest BCUT2D eigenvalue weighted by atomic mass is 19.4. The van der Waals surface area contributed by atoms with Gasteiger partial charge in [0.15, 0.2) is 0 Å². The van der Waals surface area contributed by atoms with Gasteiger partial charge in [-0.05, 0) is 37.1 Å². The first kappa shape index (κ1) is 14.6. The van der Waals surface area contributed by atoms with Gasteiger partial charge in [-0.1, -0.05) is 0 Å². The van der Waals surface area contributed by atoms with Crippen molar-refractivity contribution >= 4 is 11.7 Å². The van der Waals surface area contributed by atoms with Gasteiger partial charge in [0.05, 0.1) is 16.8 Å². The lowest BCUT2D eigenvalue weighted by Crippen LogP contribution is -2.24. The molecule has 1 atom stereocenters. The molecule has 1 unspecified atom stereocenters. The summed E-state index contributed by atoms with van der Waals surface area (Å²) in [4.78, 5) is 13.0. The molecule has 1 heterocycles. The highest BCUT2D eigenvalue weighted by molar-refractivity contribution is 5.94. The second kappa shape index (κ2) is 5.32. The fourth-order valence-electron chi connectivity index (χ4n) is 2.40. The van der Waals surface area contributed by atoms with E-state index in [1.165, 1.54) is 6.07 Å². The van der Waals surface area contributed by atoms with E-state index in [0.29, 0.717) is 31.4 Å². The van der Waals surface area contributed by atoms with Crippen LogP contribution < -0.4 is 10.6 Å². The van der Waals surface area contributed by atoms with Crippen LogP contribution in [0.3, 0.4) is 0 Å². The first-order valence-electron chi connectivity index (χ1n) is 6.22. The third kappa shape index (κ3) is 2.87. The summed E-state index contributed by atoms with van der Waals surface area (Å²) in [7, 11) is 0. The number of alkyl halides is 3. The lowest BCUT2D eigenvalue weighted by molar-refractivity contribution is -0.137. The minimum atomic E-state index is -4.55. The second-order valence-electron chi connectivity index (χ2n) is 4.87. The van der Waals surface area contributed by atoms with Crippen LogP contribution in [0.4, 0.5) is 18.9 Å². The van der Waals surface area contributed by atoms with E-state index < -0.39 is 17.7 Å². The summed E-state index contributed by atoms with van der Waals surface area (Å²) in [6, 6.07) is 2.83. The predicted molar refractivity (Wildman–Crippen MR) is 67.8 cm³/mol. The molecule has 2 rings (SSSR count). The summed E-state index contributed by atoms with van der Waals surface area (Å²) in [6.45, 7) is 1.66. The molecular formula is C13H15F3N2O2. The Morgan fingerprint density at radius 1 is 1.45 bits per heavy atom. The number of aromatic carboxylic acids is 1. The molecule has 20 heavy (non-hydrogen) atoms. The Kier molecular flexibility index (Phi) is 3.89. The van der Waals surface area contributed by atoms with Gasteiger partial charge in [-0.25, -0.2) is 4.79 Å². The second-order valence-corrected chi connectivity index (χ2v) is 4.87. The molecule has 1 aromatic carbocycles. The van der Waals surface area contributed by atoms with E-state index >= 15 is 0 Å². The molecule has 3 N–H and O–H groups in total. The normalized spacial score (nSPS) is 19.4. The molecule has 0 spiro atoms. The van der Waals surface area contributed by atoms with E-state index in [2.05, 4.69) is 0 Å². The highest BCUT2D eigenvalue weighted by Gasteiger charge is 2.33. The van der Waals surface area contributed by atoms with E-state index in [9.17, 15) is 18.0 Å². The molecule has 0 saturated carbocycles. The Hall–Kier alpha value is -1.76. The Morgan fingerprint density at radius 3 is 2.65 bits per heavy atom. The van der Waals surface area contributed by atoms with Crippen molar-refractivity contribution in [2.75, 3.05) is 24.5 Å². The number of nitrogens with zero attached hydrogens (tertiary/aromatic N) is 1. The zero-order valence-corrected chi connectivity index (χ0v) is 10.7. The van der Waals surface area contributed by atoms with Crippen LogP contribution in [0, 0.1) is 5.92 Å². The van der Waals surface area contributed by atoms with Gasteiger partial charge in [-0.2, -0.15) is 13.2 Å². The molecule has 0 amide bonds. The first-order chi connectivity index (χ1) is 9.32. The van der Waals surface area contributed by atoms with Crippen LogP contribution in [0.25, 0.3) is 0 Å². The van der Waals surface area contributed by atoms with Crippen molar-refractivity contribution < 1.29 is 23.1 Å². The standard InChI is InChI=1S/C13H15F3N2O2/c14-13(15,16)9-1-2-11(10(5-9)12(19)20)18-4-3-8(6-17)7-18/h1-2,5,8H,3-4,6-7,17H2,(H,19,20). The molecule has 7 heteroatoms. The van der Waals surface area contributed by atoms with Crippen LogP contribution in [-0.4, -0.2) is 30.7 Å². The number of nitrogens with two attached hydrogens (primary N) is 1. The molecule has 0 bridgehead atoms. The Morgan fingerprint density at radius 2 is 2.15 bits per heavy atom. The van der Waals surface area contributed by atoms with E-state index in [1.54, 1.807) is 4.90 Å². The van der Waals surface area contributed by atoms with E-state index in [0.717, 1.165) is 12.5 Å². The maximum atomic E-state index is 12.6. The van der Waals surface area contributed by atoms with Crippen molar-refractivity contribution in [1.82, 2.24) is 0 Å². The Balaban J connectivity index is 2.36. The van der Waals surface area contributed by atoms with Gasteiger partial charge in [-0.15, -0.1) is 0 Å². The van der Waals surface area contributed by atoms with Crippen molar-refractivity contribution in [2.45, 2.75) is 12.6 Å². The van der Waals surface area contributed by atoms with Crippen molar-refractivity contribution in [3.63, 3.8) is 0 Å². The Labute approximate surface area is 114 Å². The fraction of sp³-hybridized carbons (Fsp3) is 0.462. The minimum Gasteiger partial charge on any atom is -0.478 e. The lowest BCUT2D eigenvalue weighted by atomic mass is 10.1. The molecule has 4 nitrogen and oxygen atoms in total. The smallest absolute Gasteiger partial charge is 0.416 e. The van der Waals surface area contributed by atoms with E-state index in [1.807, 2.05) is 0 Å². The van der Waals surface area contributed by atoms with E-state index in [4.69, 9.17) is 10.8 Å². The third-order valence-corrected chi connectivity index (χ3v) is 3.51. The number of carboxylic acid groups (broad SMARTS) is 1. The van der Waals surface area contributed by atoms with E-state index in [-0.39, 0.29) is 11.5 Å². The van der Waals surface area contributed by atoms with Crippen LogP contribution in [-0.2, 0) is 6.18 Å². The van der Waals surface area contributed by atoms with Crippen molar-refractivity contribution in [2.24, 2.45) is 11.7 Å². The summed E-state index contributed by atoms with van der Waals surface area (Å²) >= 11 is 0. The number of halogens is 3. The predicted octanol–water partition coefficient (Wildman–Crippen LogP) is 2.19. The minimum absolute atomic E-state index is 0.249. The average Bonchev–Trinajstić information content (AvgIpc) is 2.85. The van der Waals surface area contributed by atoms with Crippen LogP contribution in [0.15, 0.2) is 18.2 Å². The number of benzene rings is 1. The molecule has 110 valence electrons. The van der Waals surface area contributed by atoms with Crippen LogP contribution in [0.1, 0.15) is 22.3 Å². The SMILES string of the molecule is NCC1CCN(c2ccc(C(F)(F)F)cc2C(=O)O)C1. The summed E-state index contributed by atoms with van der Waals surface area (Å²) in [6.07, 6.45) is -3.73. The van der Waals surface area contributed by atoms with Gasteiger partial charge in [-0.3, -0.25) is 0 Å². The summed E-state index contributed by atoms with van der Waals surface area (Å²) in [5.41, 5.74) is 4.61. The van der Waals surface area contributed by atoms with Crippen LogP contribution in [0.2, 0.25) is 0 Å². The third-order valence-electron chi connectivity index (χ3n) is 3.51. The zero-order valence-electron chi connectivity index (χ0n) is 10.7. The first-order valence-corrected chi connectivity index (χ1v) is 6.22. The fourth-order valence-corrected chi connectivity index (χ4v) is 2.40. The molecule has 1 aliphatic heterocycles. The highest BCUT2D eigenvalue weighted by Crippen LogP contribution is 2.34. The average molecular weight is 288 g/mol. The summed E-state index contributed by atoms with van der Waals surface area (Å²) < 4.78 is 37.9. The summed E-state index contributed by atoms with van der Waals surface area (Å²) in [5.74, 6) is -1.11. The zero-order chi connectivity index (χ0) is 14.9. The number of hydrogen-bond donors (Lipinski definition) is 2. The summed E-state index contributed by atoms with van der Waals surface area (Å²) in [5, 5.41) is 9.12. The maximum absolute atomic E-state index is 12.6. The van der Waals surface area contributed by atoms with Gasteiger partial charge < -0.3 is 15.7 Å². The number of rotatable bonds is 3. The molecule has 1 aliphatic rings. The topological polar surface area (TPSA) is 66.6 Å². The number of hydrogen-bond acceptors (Lipinski definition) is 3. The quantitative estimate of drug-likeness (QED) is 0.894. The molecule has 0 aliphatic carbocycles. The van der Waals surface area contributed by atoms with Crippen molar-refractivity contribution in [3.8, 4) is 0 Å². The van der Waals surface area contributed by atoms with Crippen LogP contribution >= 0.6 is 0 Å². The molecule has 1 fully saturated rings. The molecular weight excluding hydrogens is 273 g/mol. The molecule has 0 aromatic heterocycles. The monoisotopic (exact) mass is 288 g/mol. The van der Waals surface area contributed by atoms with Gasteiger partial charge >= 0.3 is 12.1 Å². The van der Waals surface area contributed by atoms with Gasteiger partial charge in [0.1, 0.15) is 0 Å². The van der Waals surface area contributed by atoms with Gasteiger partial charge in [0.25, 0.3) is 0 Å². The van der Waals surface area contributed by atoms with Crippen molar-refractivity contribution in [1.29, 1.82) is 0 Å². The largest absolute Gasteiger partial charge is 0.478 e. The molecule has 0 radical (unpaired) electrons.